The fraction of sp³-hybridized carbons (Fsp3) is 0.100. The maximum atomic E-state index is 5.49. The molecule has 3 heteroatoms. The van der Waals surface area contributed by atoms with Crippen LogP contribution < -0.4 is 4.74 Å². The molecule has 0 aliphatic heterocycles. The first-order valence-electron chi connectivity index (χ1n) is 3.68. The van der Waals surface area contributed by atoms with Crippen LogP contribution in [0, 0.1) is 6.92 Å². The van der Waals surface area contributed by atoms with Gasteiger partial charge in [0.15, 0.2) is 0 Å². The molecule has 1 rings (SSSR count). The summed E-state index contributed by atoms with van der Waals surface area (Å²) >= 11 is 10.8. The van der Waals surface area contributed by atoms with Crippen molar-refractivity contribution in [2.45, 2.75) is 0 Å². The molecule has 0 atom stereocenters. The molecule has 13 heavy (non-hydrogen) atoms. The average molecular weight is 215 g/mol. The lowest BCUT2D eigenvalue weighted by atomic mass is 10.2. The molecule has 0 aromatic heterocycles. The first kappa shape index (κ1) is 10.4. The third-order valence-electron chi connectivity index (χ3n) is 1.37. The van der Waals surface area contributed by atoms with Crippen molar-refractivity contribution in [3.05, 3.63) is 47.3 Å². The van der Waals surface area contributed by atoms with E-state index in [1.165, 1.54) is 0 Å². The highest BCUT2D eigenvalue weighted by molar-refractivity contribution is 6.55. The molecule has 0 fully saturated rings. The van der Waals surface area contributed by atoms with Crippen LogP contribution in [0.1, 0.15) is 5.56 Å². The summed E-state index contributed by atoms with van der Waals surface area (Å²) in [6.45, 7) is 5.85. The number of hydrogen-bond acceptors (Lipinski definition) is 1. The highest BCUT2D eigenvalue weighted by Crippen LogP contribution is 2.12. The van der Waals surface area contributed by atoms with Crippen LogP contribution in [0.4, 0.5) is 0 Å². The van der Waals surface area contributed by atoms with Gasteiger partial charge in [-0.15, -0.1) is 0 Å². The zero-order chi connectivity index (χ0) is 9.68. The summed E-state index contributed by atoms with van der Waals surface area (Å²) in [6, 6.07) is 7.10. The largest absolute Gasteiger partial charge is 0.489 e. The van der Waals surface area contributed by atoms with E-state index in [4.69, 9.17) is 34.9 Å². The van der Waals surface area contributed by atoms with Crippen LogP contribution in [0.25, 0.3) is 0 Å². The van der Waals surface area contributed by atoms with Crippen molar-refractivity contribution in [3.63, 3.8) is 0 Å². The minimum Gasteiger partial charge on any atom is -0.489 e. The standard InChI is InChI=1S/C10H8Cl2O/c1-8-2-4-9(5-3-8)13-7-6-10(11)12/h1-6H,7H2. The van der Waals surface area contributed by atoms with E-state index in [9.17, 15) is 0 Å². The molecule has 2 radical (unpaired) electrons. The zero-order valence-electron chi connectivity index (χ0n) is 6.84. The number of halogens is 2. The summed E-state index contributed by atoms with van der Waals surface area (Å²) in [4.78, 5) is 0. The van der Waals surface area contributed by atoms with Gasteiger partial charge in [-0.3, -0.25) is 0 Å². The molecule has 0 spiro atoms. The monoisotopic (exact) mass is 214 g/mol. The van der Waals surface area contributed by atoms with Crippen LogP contribution in [-0.4, -0.2) is 6.61 Å². The molecule has 0 aliphatic carbocycles. The lowest BCUT2D eigenvalue weighted by molar-refractivity contribution is 0.363. The topological polar surface area (TPSA) is 9.23 Å². The molecule has 68 valence electrons. The molecule has 0 N–H and O–H groups in total. The fourth-order valence-corrected chi connectivity index (χ4v) is 0.891. The van der Waals surface area contributed by atoms with Gasteiger partial charge in [0, 0.05) is 0 Å². The van der Waals surface area contributed by atoms with Crippen LogP contribution in [0.15, 0.2) is 34.8 Å². The van der Waals surface area contributed by atoms with Crippen LogP contribution >= 0.6 is 23.2 Å². The summed E-state index contributed by atoms with van der Waals surface area (Å²) in [7, 11) is 0. The minimum atomic E-state index is 0.204. The van der Waals surface area contributed by atoms with Crippen LogP contribution in [0.3, 0.4) is 0 Å². The van der Waals surface area contributed by atoms with Gasteiger partial charge in [0.05, 0.1) is 0 Å². The van der Waals surface area contributed by atoms with E-state index in [2.05, 4.69) is 0 Å². The number of benzene rings is 1. The molecule has 1 aromatic rings. The van der Waals surface area contributed by atoms with E-state index in [0.29, 0.717) is 12.2 Å². The fourth-order valence-electron chi connectivity index (χ4n) is 0.765. The molecule has 0 unspecified atom stereocenters. The van der Waals surface area contributed by atoms with E-state index in [1.54, 1.807) is 30.3 Å². The molecular formula is C10H8Cl2O. The number of ether oxygens (including phenoxy) is 1. The molecule has 0 aliphatic rings. The third-order valence-corrected chi connectivity index (χ3v) is 1.68. The second-order valence-electron chi connectivity index (χ2n) is 2.37. The summed E-state index contributed by atoms with van der Waals surface area (Å²) < 4.78 is 5.48. The van der Waals surface area contributed by atoms with Gasteiger partial charge in [0.1, 0.15) is 16.8 Å². The lowest BCUT2D eigenvalue weighted by Gasteiger charge is -2.02. The van der Waals surface area contributed by atoms with Crippen molar-refractivity contribution in [2.75, 3.05) is 6.61 Å². The normalized spacial score (nSPS) is 9.46. The highest BCUT2D eigenvalue weighted by atomic mass is 35.5. The van der Waals surface area contributed by atoms with Gasteiger partial charge in [-0.2, -0.15) is 0 Å². The van der Waals surface area contributed by atoms with E-state index < -0.39 is 0 Å². The summed E-state index contributed by atoms with van der Waals surface area (Å²) in [5.41, 5.74) is 0.707. The van der Waals surface area contributed by atoms with Crippen molar-refractivity contribution in [1.82, 2.24) is 0 Å². The van der Waals surface area contributed by atoms with Crippen LogP contribution in [0.5, 0.6) is 5.75 Å². The second-order valence-corrected chi connectivity index (χ2v) is 3.38. The Morgan fingerprint density at radius 2 is 1.92 bits per heavy atom. The van der Waals surface area contributed by atoms with E-state index in [0.717, 1.165) is 5.75 Å². The maximum absolute atomic E-state index is 5.49. The smallest absolute Gasteiger partial charge is 0.119 e. The third kappa shape index (κ3) is 4.20. The average Bonchev–Trinajstić information content (AvgIpc) is 2.08. The van der Waals surface area contributed by atoms with E-state index in [1.807, 2.05) is 0 Å². The molecule has 0 heterocycles. The molecule has 0 saturated heterocycles. The SMILES string of the molecule is [CH]c1ccc(OCC=C(Cl)Cl)cc1. The molecule has 0 saturated carbocycles. The highest BCUT2D eigenvalue weighted by Gasteiger charge is 1.91. The van der Waals surface area contributed by atoms with E-state index in [-0.39, 0.29) is 4.49 Å². The summed E-state index contributed by atoms with van der Waals surface area (Å²) in [5.74, 6) is 0.736. The van der Waals surface area contributed by atoms with Gasteiger partial charge in [-0.25, -0.2) is 0 Å². The molecule has 1 aromatic carbocycles. The van der Waals surface area contributed by atoms with Crippen LogP contribution in [0.2, 0.25) is 0 Å². The Bertz CT molecular complexity index is 286. The molecule has 0 amide bonds. The first-order chi connectivity index (χ1) is 6.18. The predicted molar refractivity (Wildman–Crippen MR) is 55.1 cm³/mol. The molecule has 0 bridgehead atoms. The Kier molecular flexibility index (Phi) is 4.13. The Balaban J connectivity index is 2.46. The van der Waals surface area contributed by atoms with Gasteiger partial charge in [0.2, 0.25) is 0 Å². The Labute approximate surface area is 87.9 Å². The van der Waals surface area contributed by atoms with Crippen LogP contribution in [-0.2, 0) is 0 Å². The van der Waals surface area contributed by atoms with Gasteiger partial charge >= 0.3 is 0 Å². The van der Waals surface area contributed by atoms with Crippen molar-refractivity contribution >= 4 is 23.2 Å². The summed E-state index contributed by atoms with van der Waals surface area (Å²) in [5, 5.41) is 0. The van der Waals surface area contributed by atoms with Gasteiger partial charge < -0.3 is 4.74 Å². The maximum Gasteiger partial charge on any atom is 0.119 e. The quantitative estimate of drug-likeness (QED) is 0.750. The first-order valence-corrected chi connectivity index (χ1v) is 4.43. The number of hydrogen-bond donors (Lipinski definition) is 0. The lowest BCUT2D eigenvalue weighted by Crippen LogP contribution is -1.92. The van der Waals surface area contributed by atoms with Crippen molar-refractivity contribution < 1.29 is 4.74 Å². The predicted octanol–water partition coefficient (Wildman–Crippen LogP) is 3.44. The molecular weight excluding hydrogens is 207 g/mol. The van der Waals surface area contributed by atoms with Crippen molar-refractivity contribution in [2.24, 2.45) is 0 Å². The van der Waals surface area contributed by atoms with Crippen molar-refractivity contribution in [3.8, 4) is 5.75 Å². The zero-order valence-corrected chi connectivity index (χ0v) is 8.35. The Morgan fingerprint density at radius 3 is 2.46 bits per heavy atom. The Hall–Kier alpha value is -0.660. The Morgan fingerprint density at radius 1 is 1.31 bits per heavy atom. The van der Waals surface area contributed by atoms with Gasteiger partial charge in [-0.05, 0) is 30.7 Å². The minimum absolute atomic E-state index is 0.204. The second kappa shape index (κ2) is 5.15. The van der Waals surface area contributed by atoms with Gasteiger partial charge in [0.25, 0.3) is 0 Å². The van der Waals surface area contributed by atoms with Gasteiger partial charge in [-0.1, -0.05) is 35.3 Å². The van der Waals surface area contributed by atoms with Crippen molar-refractivity contribution in [1.29, 1.82) is 0 Å². The van der Waals surface area contributed by atoms with E-state index >= 15 is 0 Å². The molecule has 1 nitrogen and oxygen atoms in total. The number of rotatable bonds is 3. The summed E-state index contributed by atoms with van der Waals surface area (Å²) in [6.07, 6.45) is 1.57.